The number of nitro benzene ring substituents is 1. The van der Waals surface area contributed by atoms with E-state index in [1.807, 2.05) is 6.07 Å². The molecular formula is C18H15ClN6O3S. The summed E-state index contributed by atoms with van der Waals surface area (Å²) in [5.74, 6) is -0.0662. The van der Waals surface area contributed by atoms with Gasteiger partial charge in [-0.15, -0.1) is 0 Å². The summed E-state index contributed by atoms with van der Waals surface area (Å²) >= 11 is 6.88. The van der Waals surface area contributed by atoms with E-state index in [1.165, 1.54) is 24.3 Å². The first-order valence-electron chi connectivity index (χ1n) is 8.20. The van der Waals surface area contributed by atoms with E-state index < -0.39 is 16.1 Å². The minimum absolute atomic E-state index is 0.0226. The number of nitrogens with one attached hydrogen (secondary N) is 1. The number of anilines is 3. The van der Waals surface area contributed by atoms with Crippen LogP contribution < -0.4 is 16.8 Å². The molecule has 0 aliphatic rings. The maximum Gasteiger partial charge on any atom is 0.289 e. The van der Waals surface area contributed by atoms with E-state index in [0.717, 1.165) is 11.8 Å². The number of nitrogens with zero attached hydrogens (tertiary/aromatic N) is 3. The van der Waals surface area contributed by atoms with E-state index in [1.54, 1.807) is 24.3 Å². The van der Waals surface area contributed by atoms with E-state index in [9.17, 15) is 14.9 Å². The molecule has 0 aliphatic heterocycles. The van der Waals surface area contributed by atoms with E-state index in [4.69, 9.17) is 23.1 Å². The van der Waals surface area contributed by atoms with Crippen LogP contribution >= 0.6 is 23.4 Å². The molecule has 0 saturated heterocycles. The summed E-state index contributed by atoms with van der Waals surface area (Å²) < 4.78 is 0. The first-order chi connectivity index (χ1) is 13.8. The quantitative estimate of drug-likeness (QED) is 0.232. The highest BCUT2D eigenvalue weighted by Gasteiger charge is 2.25. The third-order valence-corrected chi connectivity index (χ3v) is 5.15. The predicted molar refractivity (Wildman–Crippen MR) is 113 cm³/mol. The molecule has 1 amide bonds. The average molecular weight is 431 g/mol. The van der Waals surface area contributed by atoms with Gasteiger partial charge in [-0.05, 0) is 17.7 Å². The molecule has 5 N–H and O–H groups in total. The Morgan fingerprint density at radius 3 is 2.38 bits per heavy atom. The van der Waals surface area contributed by atoms with Crippen molar-refractivity contribution in [1.82, 2.24) is 9.97 Å². The number of hydrogen-bond acceptors (Lipinski definition) is 8. The lowest BCUT2D eigenvalue weighted by molar-refractivity contribution is -0.384. The van der Waals surface area contributed by atoms with E-state index >= 15 is 0 Å². The molecule has 0 fully saturated rings. The van der Waals surface area contributed by atoms with Crippen LogP contribution in [0.2, 0.25) is 5.02 Å². The SMILES string of the molecule is Nc1cc(N)nc(SC(C(=O)Nc2ccc(Cl)c([N+](=O)[O-])c2)c2ccccc2)n1. The van der Waals surface area contributed by atoms with Gasteiger partial charge in [0.15, 0.2) is 5.16 Å². The maximum atomic E-state index is 13.0. The second-order valence-corrected chi connectivity index (χ2v) is 7.30. The fourth-order valence-corrected chi connectivity index (χ4v) is 3.63. The molecule has 9 nitrogen and oxygen atoms in total. The van der Waals surface area contributed by atoms with Gasteiger partial charge in [-0.25, -0.2) is 9.97 Å². The van der Waals surface area contributed by atoms with Crippen molar-refractivity contribution in [3.8, 4) is 0 Å². The molecule has 1 unspecified atom stereocenters. The van der Waals surface area contributed by atoms with Gasteiger partial charge in [0.05, 0.1) is 4.92 Å². The molecule has 0 radical (unpaired) electrons. The largest absolute Gasteiger partial charge is 0.383 e. The van der Waals surface area contributed by atoms with Crippen LogP contribution in [0, 0.1) is 10.1 Å². The third kappa shape index (κ3) is 5.12. The van der Waals surface area contributed by atoms with Crippen LogP contribution in [-0.4, -0.2) is 20.8 Å². The molecule has 1 aromatic heterocycles. The number of carbonyl (C=O) groups is 1. The normalized spacial score (nSPS) is 11.6. The fraction of sp³-hybridized carbons (Fsp3) is 0.0556. The molecule has 3 aromatic rings. The van der Waals surface area contributed by atoms with Gasteiger partial charge in [0.1, 0.15) is 21.9 Å². The van der Waals surface area contributed by atoms with Crippen LogP contribution in [0.4, 0.5) is 23.0 Å². The van der Waals surface area contributed by atoms with Crippen molar-refractivity contribution in [2.75, 3.05) is 16.8 Å². The zero-order valence-corrected chi connectivity index (χ0v) is 16.4. The van der Waals surface area contributed by atoms with Crippen LogP contribution in [0.1, 0.15) is 10.8 Å². The molecule has 11 heteroatoms. The first-order valence-corrected chi connectivity index (χ1v) is 9.45. The highest BCUT2D eigenvalue weighted by molar-refractivity contribution is 8.00. The topological polar surface area (TPSA) is 150 Å². The Morgan fingerprint density at radius 1 is 1.10 bits per heavy atom. The second-order valence-electron chi connectivity index (χ2n) is 5.82. The van der Waals surface area contributed by atoms with Crippen LogP contribution in [0.25, 0.3) is 0 Å². The number of hydrogen-bond donors (Lipinski definition) is 3. The van der Waals surface area contributed by atoms with Gasteiger partial charge >= 0.3 is 0 Å². The Kier molecular flexibility index (Phi) is 6.15. The third-order valence-electron chi connectivity index (χ3n) is 3.72. The molecule has 3 rings (SSSR count). The maximum absolute atomic E-state index is 13.0. The molecule has 2 aromatic carbocycles. The summed E-state index contributed by atoms with van der Waals surface area (Å²) in [4.78, 5) is 31.7. The Balaban J connectivity index is 1.91. The molecule has 1 heterocycles. The number of amides is 1. The van der Waals surface area contributed by atoms with Gasteiger partial charge in [0.2, 0.25) is 5.91 Å². The zero-order valence-electron chi connectivity index (χ0n) is 14.8. The number of carbonyl (C=O) groups excluding carboxylic acids is 1. The van der Waals surface area contributed by atoms with Gasteiger partial charge in [-0.3, -0.25) is 14.9 Å². The lowest BCUT2D eigenvalue weighted by atomic mass is 10.1. The average Bonchev–Trinajstić information content (AvgIpc) is 2.67. The molecule has 0 spiro atoms. The Bertz CT molecular complexity index is 1050. The highest BCUT2D eigenvalue weighted by atomic mass is 35.5. The molecular weight excluding hydrogens is 416 g/mol. The van der Waals surface area contributed by atoms with Gasteiger partial charge in [0, 0.05) is 17.8 Å². The summed E-state index contributed by atoms with van der Waals surface area (Å²) in [5, 5.41) is 13.2. The number of thioether (sulfide) groups is 1. The van der Waals surface area contributed by atoms with E-state index in [0.29, 0.717) is 5.56 Å². The van der Waals surface area contributed by atoms with Crippen LogP contribution in [-0.2, 0) is 4.79 Å². The smallest absolute Gasteiger partial charge is 0.289 e. The zero-order chi connectivity index (χ0) is 21.0. The van der Waals surface area contributed by atoms with Gasteiger partial charge in [-0.1, -0.05) is 53.7 Å². The van der Waals surface area contributed by atoms with Crippen molar-refractivity contribution in [3.05, 3.63) is 75.3 Å². The summed E-state index contributed by atoms with van der Waals surface area (Å²) in [6, 6.07) is 14.4. The summed E-state index contributed by atoms with van der Waals surface area (Å²) in [6.07, 6.45) is 0. The Hall–Kier alpha value is -3.37. The monoisotopic (exact) mass is 430 g/mol. The summed E-state index contributed by atoms with van der Waals surface area (Å²) in [6.45, 7) is 0. The van der Waals surface area contributed by atoms with Crippen molar-refractivity contribution in [2.45, 2.75) is 10.4 Å². The molecule has 1 atom stereocenters. The van der Waals surface area contributed by atoms with Crippen molar-refractivity contribution >= 4 is 52.3 Å². The molecule has 29 heavy (non-hydrogen) atoms. The standard InChI is InChI=1S/C18H15ClN6O3S/c19-12-7-6-11(8-13(12)25(27)28)22-17(26)16(10-4-2-1-3-5-10)29-18-23-14(20)9-15(21)24-18/h1-9,16H,(H,22,26)(H4,20,21,23,24). The van der Waals surface area contributed by atoms with Gasteiger partial charge < -0.3 is 16.8 Å². The minimum atomic E-state index is -0.757. The van der Waals surface area contributed by atoms with Crippen molar-refractivity contribution < 1.29 is 9.72 Å². The van der Waals surface area contributed by atoms with Crippen LogP contribution in [0.5, 0.6) is 0 Å². The first kappa shape index (κ1) is 20.4. The van der Waals surface area contributed by atoms with E-state index in [-0.39, 0.29) is 33.2 Å². The lowest BCUT2D eigenvalue weighted by Gasteiger charge is -2.16. The lowest BCUT2D eigenvalue weighted by Crippen LogP contribution is -2.19. The number of nitrogen functional groups attached to an aromatic ring is 2. The summed E-state index contributed by atoms with van der Waals surface area (Å²) in [7, 11) is 0. The second kappa shape index (κ2) is 8.76. The fourth-order valence-electron chi connectivity index (χ4n) is 2.46. The Morgan fingerprint density at radius 2 is 1.76 bits per heavy atom. The van der Waals surface area contributed by atoms with Crippen molar-refractivity contribution in [2.24, 2.45) is 0 Å². The number of nitro groups is 1. The number of nitrogens with two attached hydrogens (primary N) is 2. The molecule has 148 valence electrons. The van der Waals surface area contributed by atoms with Crippen LogP contribution in [0.15, 0.2) is 59.8 Å². The predicted octanol–water partition coefficient (Wildman–Crippen LogP) is 3.67. The molecule has 0 saturated carbocycles. The van der Waals surface area contributed by atoms with Gasteiger partial charge in [0.25, 0.3) is 5.69 Å². The van der Waals surface area contributed by atoms with Crippen molar-refractivity contribution in [3.63, 3.8) is 0 Å². The van der Waals surface area contributed by atoms with E-state index in [2.05, 4.69) is 15.3 Å². The highest BCUT2D eigenvalue weighted by Crippen LogP contribution is 2.36. The molecule has 0 aliphatic carbocycles. The molecule has 0 bridgehead atoms. The Labute approximate surface area is 174 Å². The summed E-state index contributed by atoms with van der Waals surface area (Å²) in [5.41, 5.74) is 12.0. The number of rotatable bonds is 6. The van der Waals surface area contributed by atoms with Crippen molar-refractivity contribution in [1.29, 1.82) is 0 Å². The number of halogens is 1. The number of benzene rings is 2. The number of aromatic nitrogens is 2. The minimum Gasteiger partial charge on any atom is -0.383 e. The van der Waals surface area contributed by atoms with Gasteiger partial charge in [-0.2, -0.15) is 0 Å². The van der Waals surface area contributed by atoms with Crippen LogP contribution in [0.3, 0.4) is 0 Å².